The average Bonchev–Trinajstić information content (AvgIpc) is 2.79. The van der Waals surface area contributed by atoms with Crippen molar-refractivity contribution in [3.63, 3.8) is 0 Å². The molecule has 0 radical (unpaired) electrons. The average molecular weight is 466 g/mol. The Bertz CT molecular complexity index is 1400. The van der Waals surface area contributed by atoms with Crippen molar-refractivity contribution in [3.8, 4) is 45.2 Å². The van der Waals surface area contributed by atoms with Crippen LogP contribution in [0, 0.1) is 11.3 Å². The molecule has 152 valence electrons. The second-order valence-corrected chi connectivity index (χ2v) is 8.27. The Hall–Kier alpha value is -2.28. The summed E-state index contributed by atoms with van der Waals surface area (Å²) in [5.41, 5.74) is 3.69. The van der Waals surface area contributed by atoms with Gasteiger partial charge in [-0.05, 0) is 34.9 Å². The Morgan fingerprint density at radius 2 is 1.25 bits per heavy atom. The summed E-state index contributed by atoms with van der Waals surface area (Å²) in [6.45, 7) is 0. The summed E-state index contributed by atoms with van der Waals surface area (Å²) in [7, 11) is -4.58. The van der Waals surface area contributed by atoms with Gasteiger partial charge >= 0.3 is 51.4 Å². The maximum Gasteiger partial charge on any atom is 1.00 e. The zero-order chi connectivity index (χ0) is 22.0. The molecule has 0 aliphatic rings. The van der Waals surface area contributed by atoms with Gasteiger partial charge in [-0.25, -0.2) is 8.42 Å². The molecule has 0 aromatic heterocycles. The van der Waals surface area contributed by atoms with Crippen LogP contribution in [-0.2, 0) is 10.1 Å². The number of nitrogens with zero attached hydrogens (tertiary/aromatic N) is 1. The van der Waals surface area contributed by atoms with Crippen LogP contribution in [0.1, 0.15) is 5.56 Å². The molecule has 0 aliphatic heterocycles. The van der Waals surface area contributed by atoms with Crippen LogP contribution in [0.4, 0.5) is 0 Å². The number of phenols is 1. The molecule has 0 aliphatic carbocycles. The van der Waals surface area contributed by atoms with Crippen LogP contribution < -0.4 is 51.4 Å². The number of aromatic hydroxyl groups is 1. The van der Waals surface area contributed by atoms with Gasteiger partial charge in [0.1, 0.15) is 21.9 Å². The summed E-state index contributed by atoms with van der Waals surface area (Å²) in [4.78, 5) is -0.347. The molecule has 0 amide bonds. The molecular weight excluding hydrogens is 449 g/mol. The first-order chi connectivity index (χ1) is 14.9. The van der Waals surface area contributed by atoms with Crippen molar-refractivity contribution in [2.24, 2.45) is 0 Å². The Morgan fingerprint density at radius 1 is 0.750 bits per heavy atom. The zero-order valence-corrected chi connectivity index (χ0v) is 21.1. The molecule has 0 bridgehead atoms. The Kier molecular flexibility index (Phi) is 7.69. The van der Waals surface area contributed by atoms with Gasteiger partial charge in [-0.2, -0.15) is 5.26 Å². The van der Waals surface area contributed by atoms with Crippen LogP contribution in [0.15, 0.2) is 95.9 Å². The molecule has 4 aromatic carbocycles. The predicted molar refractivity (Wildman–Crippen MR) is 117 cm³/mol. The standard InChI is InChI=1S/C25H17NO4S.K/c26-16-23-21(18-11-13-20(14-12-18)31(28,29)30)15-22(17-7-3-1-4-8-17)25(27)24(23)19-9-5-2-6-10-19;/h1-15,27H,(H,28,29,30);/q;+1/p-1. The van der Waals surface area contributed by atoms with Crippen molar-refractivity contribution in [1.29, 1.82) is 5.26 Å². The largest absolute Gasteiger partial charge is 1.00 e. The van der Waals surface area contributed by atoms with Gasteiger partial charge in [0, 0.05) is 16.7 Å². The molecule has 5 nitrogen and oxygen atoms in total. The second kappa shape index (κ2) is 10.1. The smallest absolute Gasteiger partial charge is 0.744 e. The second-order valence-electron chi connectivity index (χ2n) is 6.89. The summed E-state index contributed by atoms with van der Waals surface area (Å²) >= 11 is 0. The summed E-state index contributed by atoms with van der Waals surface area (Å²) in [6.07, 6.45) is 0. The Morgan fingerprint density at radius 3 is 1.75 bits per heavy atom. The summed E-state index contributed by atoms with van der Waals surface area (Å²) in [6, 6.07) is 27.7. The van der Waals surface area contributed by atoms with Crippen molar-refractivity contribution in [1.82, 2.24) is 0 Å². The van der Waals surface area contributed by atoms with Crippen LogP contribution in [0.2, 0.25) is 0 Å². The number of hydrogen-bond acceptors (Lipinski definition) is 5. The fourth-order valence-electron chi connectivity index (χ4n) is 3.54. The first-order valence-corrected chi connectivity index (χ1v) is 10.8. The first-order valence-electron chi connectivity index (χ1n) is 9.37. The molecule has 32 heavy (non-hydrogen) atoms. The van der Waals surface area contributed by atoms with Gasteiger partial charge in [0.2, 0.25) is 0 Å². The normalized spacial score (nSPS) is 10.8. The van der Waals surface area contributed by atoms with Crippen LogP contribution in [0.5, 0.6) is 5.75 Å². The van der Waals surface area contributed by atoms with E-state index in [0.717, 1.165) is 5.56 Å². The van der Waals surface area contributed by atoms with E-state index >= 15 is 0 Å². The molecule has 1 N–H and O–H groups in total. The van der Waals surface area contributed by atoms with Gasteiger partial charge in [-0.3, -0.25) is 0 Å². The van der Waals surface area contributed by atoms with Crippen molar-refractivity contribution in [2.75, 3.05) is 0 Å². The molecule has 0 fully saturated rings. The van der Waals surface area contributed by atoms with Crippen molar-refractivity contribution >= 4 is 10.1 Å². The van der Waals surface area contributed by atoms with E-state index in [1.165, 1.54) is 24.3 Å². The third-order valence-corrected chi connectivity index (χ3v) is 5.86. The van der Waals surface area contributed by atoms with E-state index in [1.807, 2.05) is 60.7 Å². The Balaban J connectivity index is 0.00000289. The maximum absolute atomic E-state index is 11.3. The van der Waals surface area contributed by atoms with Crippen molar-refractivity contribution in [2.45, 2.75) is 4.90 Å². The van der Waals surface area contributed by atoms with Gasteiger partial charge in [-0.15, -0.1) is 0 Å². The third kappa shape index (κ3) is 4.87. The molecule has 0 spiro atoms. The van der Waals surface area contributed by atoms with Gasteiger partial charge < -0.3 is 9.66 Å². The molecule has 4 rings (SSSR count). The molecule has 7 heteroatoms. The van der Waals surface area contributed by atoms with Gasteiger partial charge in [0.05, 0.1) is 10.5 Å². The molecule has 0 unspecified atom stereocenters. The van der Waals surface area contributed by atoms with Crippen LogP contribution >= 0.6 is 0 Å². The third-order valence-electron chi connectivity index (χ3n) is 5.01. The van der Waals surface area contributed by atoms with E-state index in [1.54, 1.807) is 6.07 Å². The number of rotatable bonds is 4. The molecule has 0 atom stereocenters. The fraction of sp³-hybridized carbons (Fsp3) is 0. The Labute approximate surface area is 229 Å². The minimum atomic E-state index is -4.58. The van der Waals surface area contributed by atoms with Crippen LogP contribution in [0.3, 0.4) is 0 Å². The number of benzene rings is 4. The molecule has 0 saturated heterocycles. The quantitative estimate of drug-likeness (QED) is 0.368. The minimum Gasteiger partial charge on any atom is -0.744 e. The molecule has 0 heterocycles. The zero-order valence-electron chi connectivity index (χ0n) is 17.2. The van der Waals surface area contributed by atoms with E-state index in [4.69, 9.17) is 0 Å². The van der Waals surface area contributed by atoms with E-state index < -0.39 is 10.1 Å². The molecule has 4 aromatic rings. The predicted octanol–water partition coefficient (Wildman–Crippen LogP) is 2.17. The van der Waals surface area contributed by atoms with E-state index in [9.17, 15) is 23.3 Å². The van der Waals surface area contributed by atoms with E-state index in [-0.39, 0.29) is 67.6 Å². The fourth-order valence-corrected chi connectivity index (χ4v) is 4.01. The first kappa shape index (κ1) is 24.4. The van der Waals surface area contributed by atoms with Crippen LogP contribution in [-0.4, -0.2) is 18.1 Å². The summed E-state index contributed by atoms with van der Waals surface area (Å²) in [5.74, 6) is -0.0172. The topological polar surface area (TPSA) is 101 Å². The molecule has 0 saturated carbocycles. The SMILES string of the molecule is N#Cc1c(-c2ccc(S(=O)(=O)[O-])cc2)cc(-c2ccccc2)c(O)c1-c1ccccc1.[K+]. The van der Waals surface area contributed by atoms with Crippen molar-refractivity contribution in [3.05, 3.63) is 96.6 Å². The van der Waals surface area contributed by atoms with Gasteiger partial charge in [0.25, 0.3) is 0 Å². The number of hydrogen-bond donors (Lipinski definition) is 1. The minimum absolute atomic E-state index is 0. The summed E-state index contributed by atoms with van der Waals surface area (Å²) in [5, 5.41) is 21.1. The van der Waals surface area contributed by atoms with E-state index in [0.29, 0.717) is 27.8 Å². The number of phenolic OH excluding ortho intramolecular Hbond substituents is 1. The number of nitriles is 1. The van der Waals surface area contributed by atoms with Crippen molar-refractivity contribution < 1.29 is 69.5 Å². The summed E-state index contributed by atoms with van der Waals surface area (Å²) < 4.78 is 33.9. The monoisotopic (exact) mass is 465 g/mol. The van der Waals surface area contributed by atoms with Gasteiger partial charge in [0.15, 0.2) is 0 Å². The maximum atomic E-state index is 11.3. The van der Waals surface area contributed by atoms with E-state index in [2.05, 4.69) is 6.07 Å². The molecular formula is C25H16KNO4S. The van der Waals surface area contributed by atoms with Crippen LogP contribution in [0.25, 0.3) is 33.4 Å². The van der Waals surface area contributed by atoms with Gasteiger partial charge in [-0.1, -0.05) is 72.8 Å².